The number of anilines is 1. The van der Waals surface area contributed by atoms with Crippen LogP contribution in [0.1, 0.15) is 20.9 Å². The topological polar surface area (TPSA) is 126 Å². The molecule has 0 radical (unpaired) electrons. The zero-order valence-corrected chi connectivity index (χ0v) is 16.1. The Balaban J connectivity index is 1.51. The predicted molar refractivity (Wildman–Crippen MR) is 108 cm³/mol. The highest BCUT2D eigenvalue weighted by atomic mass is 32.1. The molecule has 0 unspecified atom stereocenters. The molecule has 148 valence electrons. The summed E-state index contributed by atoms with van der Waals surface area (Å²) >= 11 is 1.10. The molecule has 0 saturated heterocycles. The number of hydrogen-bond acceptors (Lipinski definition) is 8. The van der Waals surface area contributed by atoms with Gasteiger partial charge >= 0.3 is 0 Å². The van der Waals surface area contributed by atoms with Crippen molar-refractivity contribution in [1.82, 2.24) is 15.6 Å². The van der Waals surface area contributed by atoms with Crippen molar-refractivity contribution in [1.29, 1.82) is 0 Å². The van der Waals surface area contributed by atoms with Gasteiger partial charge in [-0.3, -0.25) is 14.9 Å². The van der Waals surface area contributed by atoms with E-state index in [1.165, 1.54) is 18.3 Å². The Morgan fingerprint density at radius 2 is 2.00 bits per heavy atom. The molecule has 0 atom stereocenters. The molecule has 29 heavy (non-hydrogen) atoms. The maximum absolute atomic E-state index is 12.2. The summed E-state index contributed by atoms with van der Waals surface area (Å²) < 4.78 is 5.05. The van der Waals surface area contributed by atoms with E-state index in [0.29, 0.717) is 21.9 Å². The Morgan fingerprint density at radius 3 is 2.72 bits per heavy atom. The molecule has 3 rings (SSSR count). The molecular formula is C19H17N5O4S. The van der Waals surface area contributed by atoms with Crippen LogP contribution in [0.5, 0.6) is 11.5 Å². The minimum absolute atomic E-state index is 0.0343. The van der Waals surface area contributed by atoms with Gasteiger partial charge in [-0.25, -0.2) is 5.43 Å². The number of ether oxygens (including phenoxy) is 1. The Kier molecular flexibility index (Phi) is 6.48. The number of nitrogens with zero attached hydrogens (tertiary/aromatic N) is 3. The van der Waals surface area contributed by atoms with Crippen molar-refractivity contribution in [3.05, 3.63) is 64.7 Å². The standard InChI is InChI=1S/C19H17N5O4S/c1-28-15-7-5-13(6-8-15)18(27)21-19-24-23-17(29-19)10-16(26)22-20-11-12-3-2-4-14(25)9-12/h2-9,11,25H,10H2,1H3,(H,22,26)(H,21,24,27). The van der Waals surface area contributed by atoms with Crippen molar-refractivity contribution in [2.75, 3.05) is 12.4 Å². The number of benzene rings is 2. The van der Waals surface area contributed by atoms with Crippen LogP contribution in [0.15, 0.2) is 53.6 Å². The highest BCUT2D eigenvalue weighted by Crippen LogP contribution is 2.18. The van der Waals surface area contributed by atoms with E-state index >= 15 is 0 Å². The number of carbonyl (C=O) groups is 2. The van der Waals surface area contributed by atoms with E-state index in [1.807, 2.05) is 0 Å². The molecule has 0 saturated carbocycles. The van der Waals surface area contributed by atoms with Crippen LogP contribution in [0.2, 0.25) is 0 Å². The number of phenols is 1. The molecule has 3 aromatic rings. The van der Waals surface area contributed by atoms with Crippen molar-refractivity contribution >= 4 is 34.5 Å². The lowest BCUT2D eigenvalue weighted by Crippen LogP contribution is -2.19. The molecule has 2 aromatic carbocycles. The monoisotopic (exact) mass is 411 g/mol. The van der Waals surface area contributed by atoms with Crippen molar-refractivity contribution < 1.29 is 19.4 Å². The number of phenolic OH excluding ortho intramolecular Hbond substituents is 1. The lowest BCUT2D eigenvalue weighted by atomic mass is 10.2. The lowest BCUT2D eigenvalue weighted by molar-refractivity contribution is -0.120. The van der Waals surface area contributed by atoms with Crippen molar-refractivity contribution in [2.24, 2.45) is 5.10 Å². The minimum atomic E-state index is -0.384. The fourth-order valence-electron chi connectivity index (χ4n) is 2.25. The van der Waals surface area contributed by atoms with E-state index < -0.39 is 0 Å². The fourth-order valence-corrected chi connectivity index (χ4v) is 2.98. The molecule has 1 heterocycles. The molecule has 1 aromatic heterocycles. The van der Waals surface area contributed by atoms with Crippen LogP contribution < -0.4 is 15.5 Å². The first-order valence-electron chi connectivity index (χ1n) is 8.42. The van der Waals surface area contributed by atoms with Gasteiger partial charge in [-0.15, -0.1) is 10.2 Å². The second-order valence-corrected chi connectivity index (χ2v) is 6.81. The number of nitrogens with one attached hydrogen (secondary N) is 2. The predicted octanol–water partition coefficient (Wildman–Crippen LogP) is 2.20. The van der Waals surface area contributed by atoms with Gasteiger partial charge in [0.1, 0.15) is 16.5 Å². The quantitative estimate of drug-likeness (QED) is 0.404. The summed E-state index contributed by atoms with van der Waals surface area (Å²) in [5.74, 6) is 0.0388. The molecule has 0 bridgehead atoms. The Hall–Kier alpha value is -3.79. The number of rotatable bonds is 7. The molecule has 0 fully saturated rings. The summed E-state index contributed by atoms with van der Waals surface area (Å²) in [6.07, 6.45) is 1.38. The van der Waals surface area contributed by atoms with Gasteiger partial charge in [0.05, 0.1) is 19.7 Å². The third-order valence-corrected chi connectivity index (χ3v) is 4.46. The number of methoxy groups -OCH3 is 1. The van der Waals surface area contributed by atoms with Crippen LogP contribution in [-0.4, -0.2) is 40.4 Å². The third kappa shape index (κ3) is 5.84. The van der Waals surface area contributed by atoms with E-state index in [-0.39, 0.29) is 29.1 Å². The van der Waals surface area contributed by atoms with E-state index in [2.05, 4.69) is 26.0 Å². The zero-order valence-electron chi connectivity index (χ0n) is 15.3. The SMILES string of the molecule is COc1ccc(C(=O)Nc2nnc(CC(=O)NN=Cc3cccc(O)c3)s2)cc1. The summed E-state index contributed by atoms with van der Waals surface area (Å²) in [5.41, 5.74) is 3.46. The molecule has 3 N–H and O–H groups in total. The molecular weight excluding hydrogens is 394 g/mol. The fraction of sp³-hybridized carbons (Fsp3) is 0.105. The molecule has 9 nitrogen and oxygen atoms in total. The minimum Gasteiger partial charge on any atom is -0.508 e. The first-order valence-corrected chi connectivity index (χ1v) is 9.24. The van der Waals surface area contributed by atoms with Crippen LogP contribution in [0.4, 0.5) is 5.13 Å². The highest BCUT2D eigenvalue weighted by Gasteiger charge is 2.12. The van der Waals surface area contributed by atoms with Crippen LogP contribution in [0, 0.1) is 0 Å². The maximum Gasteiger partial charge on any atom is 0.257 e. The molecule has 0 aliphatic heterocycles. The summed E-state index contributed by atoms with van der Waals surface area (Å²) in [7, 11) is 1.55. The van der Waals surface area contributed by atoms with Gasteiger partial charge in [0, 0.05) is 5.56 Å². The van der Waals surface area contributed by atoms with Crippen molar-refractivity contribution in [2.45, 2.75) is 6.42 Å². The summed E-state index contributed by atoms with van der Waals surface area (Å²) in [6, 6.07) is 13.1. The van der Waals surface area contributed by atoms with Crippen molar-refractivity contribution in [3.63, 3.8) is 0 Å². The number of hydrazone groups is 1. The average molecular weight is 411 g/mol. The van der Waals surface area contributed by atoms with Crippen molar-refractivity contribution in [3.8, 4) is 11.5 Å². The van der Waals surface area contributed by atoms with Gasteiger partial charge in [-0.05, 0) is 42.0 Å². The molecule has 0 spiro atoms. The first-order chi connectivity index (χ1) is 14.0. The zero-order chi connectivity index (χ0) is 20.6. The van der Waals surface area contributed by atoms with Crippen LogP contribution in [0.25, 0.3) is 0 Å². The van der Waals surface area contributed by atoms with E-state index in [4.69, 9.17) is 4.74 Å². The van der Waals surface area contributed by atoms with E-state index in [9.17, 15) is 14.7 Å². The summed E-state index contributed by atoms with van der Waals surface area (Å²) in [4.78, 5) is 24.2. The highest BCUT2D eigenvalue weighted by molar-refractivity contribution is 7.15. The van der Waals surface area contributed by atoms with Gasteiger partial charge in [-0.1, -0.05) is 23.5 Å². The van der Waals surface area contributed by atoms with E-state index in [0.717, 1.165) is 11.3 Å². The number of hydrogen-bond donors (Lipinski definition) is 3. The summed E-state index contributed by atoms with van der Waals surface area (Å²) in [5, 5.41) is 24.3. The largest absolute Gasteiger partial charge is 0.508 e. The second kappa shape index (κ2) is 9.42. The number of aromatic nitrogens is 2. The first kappa shape index (κ1) is 20.0. The average Bonchev–Trinajstić information content (AvgIpc) is 3.14. The van der Waals surface area contributed by atoms with Gasteiger partial charge in [0.2, 0.25) is 11.0 Å². The lowest BCUT2D eigenvalue weighted by Gasteiger charge is -2.02. The van der Waals surface area contributed by atoms with Crippen LogP contribution >= 0.6 is 11.3 Å². The number of aromatic hydroxyl groups is 1. The summed E-state index contributed by atoms with van der Waals surface area (Å²) in [6.45, 7) is 0. The molecule has 0 aliphatic carbocycles. The van der Waals surface area contributed by atoms with Crippen LogP contribution in [0.3, 0.4) is 0 Å². The second-order valence-electron chi connectivity index (χ2n) is 5.75. The van der Waals surface area contributed by atoms with Crippen LogP contribution in [-0.2, 0) is 11.2 Å². The molecule has 10 heteroatoms. The molecule has 2 amide bonds. The third-order valence-electron chi connectivity index (χ3n) is 3.62. The van der Waals surface area contributed by atoms with Gasteiger partial charge < -0.3 is 9.84 Å². The smallest absolute Gasteiger partial charge is 0.257 e. The van der Waals surface area contributed by atoms with Gasteiger partial charge in [0.25, 0.3) is 5.91 Å². The number of carbonyl (C=O) groups excluding carboxylic acids is 2. The normalized spacial score (nSPS) is 10.7. The number of amides is 2. The Morgan fingerprint density at radius 1 is 1.21 bits per heavy atom. The van der Waals surface area contributed by atoms with Gasteiger partial charge in [0.15, 0.2) is 0 Å². The maximum atomic E-state index is 12.2. The Bertz CT molecular complexity index is 1030. The molecule has 0 aliphatic rings. The van der Waals surface area contributed by atoms with Gasteiger partial charge in [-0.2, -0.15) is 5.10 Å². The van der Waals surface area contributed by atoms with E-state index in [1.54, 1.807) is 43.5 Å². The Labute approximate surface area is 170 Å².